The van der Waals surface area contributed by atoms with Gasteiger partial charge in [-0.1, -0.05) is 6.07 Å². The van der Waals surface area contributed by atoms with Crippen LogP contribution in [0.1, 0.15) is 37.0 Å². The van der Waals surface area contributed by atoms with Crippen molar-refractivity contribution in [3.8, 4) is 17.2 Å². The number of carbonyl (C=O) groups is 1. The molecule has 0 radical (unpaired) electrons. The molecular weight excluding hydrogens is 351 g/mol. The summed E-state index contributed by atoms with van der Waals surface area (Å²) in [5, 5.41) is 8.80. The fourth-order valence-electron chi connectivity index (χ4n) is 3.25. The first kappa shape index (κ1) is 19.0. The van der Waals surface area contributed by atoms with Gasteiger partial charge in [-0.2, -0.15) is 0 Å². The summed E-state index contributed by atoms with van der Waals surface area (Å²) in [5.74, 6) is 0.527. The third kappa shape index (κ3) is 4.51. The Hall–Kier alpha value is -2.76. The molecule has 27 heavy (non-hydrogen) atoms. The van der Waals surface area contributed by atoms with Gasteiger partial charge >= 0.3 is 5.97 Å². The van der Waals surface area contributed by atoms with Gasteiger partial charge in [-0.05, 0) is 50.1 Å². The molecule has 1 aliphatic rings. The van der Waals surface area contributed by atoms with Crippen molar-refractivity contribution in [2.75, 3.05) is 7.11 Å². The number of aliphatic carboxylic acids is 1. The fourth-order valence-corrected chi connectivity index (χ4v) is 3.25. The normalized spacial score (nSPS) is 14.4. The molecule has 0 fully saturated rings. The summed E-state index contributed by atoms with van der Waals surface area (Å²) in [4.78, 5) is 10.7. The number of hydrogen-bond donors (Lipinski definition) is 1. The maximum absolute atomic E-state index is 14.0. The van der Waals surface area contributed by atoms with E-state index in [-0.39, 0.29) is 24.4 Å². The van der Waals surface area contributed by atoms with E-state index in [9.17, 15) is 9.18 Å². The number of ether oxygens (including phenoxy) is 3. The minimum atomic E-state index is -0.850. The SMILES string of the molecule is COc1cc(CCC(=O)O)ccc1OCc1cc(F)cc2c1OC(C)(C)C2. The Bertz CT molecular complexity index is 860. The number of rotatable bonds is 7. The second-order valence-corrected chi connectivity index (χ2v) is 7.26. The van der Waals surface area contributed by atoms with Crippen LogP contribution >= 0.6 is 0 Å². The Kier molecular flexibility index (Phi) is 5.26. The van der Waals surface area contributed by atoms with Crippen LogP contribution in [0, 0.1) is 5.82 Å². The van der Waals surface area contributed by atoms with Crippen molar-refractivity contribution in [3.05, 3.63) is 52.8 Å². The molecule has 0 unspecified atom stereocenters. The Morgan fingerprint density at radius 2 is 2.04 bits per heavy atom. The monoisotopic (exact) mass is 374 g/mol. The van der Waals surface area contributed by atoms with Crippen molar-refractivity contribution < 1.29 is 28.5 Å². The van der Waals surface area contributed by atoms with Gasteiger partial charge < -0.3 is 19.3 Å². The molecule has 0 saturated carbocycles. The van der Waals surface area contributed by atoms with Crippen molar-refractivity contribution in [1.29, 1.82) is 0 Å². The van der Waals surface area contributed by atoms with Gasteiger partial charge in [0.25, 0.3) is 0 Å². The van der Waals surface area contributed by atoms with Gasteiger partial charge in [-0.3, -0.25) is 4.79 Å². The second-order valence-electron chi connectivity index (χ2n) is 7.26. The second kappa shape index (κ2) is 7.47. The number of benzene rings is 2. The first-order valence-corrected chi connectivity index (χ1v) is 8.79. The molecule has 2 aromatic carbocycles. The van der Waals surface area contributed by atoms with Crippen molar-refractivity contribution >= 4 is 5.97 Å². The van der Waals surface area contributed by atoms with Crippen LogP contribution < -0.4 is 14.2 Å². The maximum atomic E-state index is 14.0. The highest BCUT2D eigenvalue weighted by Crippen LogP contribution is 2.39. The summed E-state index contributed by atoms with van der Waals surface area (Å²) in [6.45, 7) is 4.07. The summed E-state index contributed by atoms with van der Waals surface area (Å²) < 4.78 is 31.1. The number of fused-ring (bicyclic) bond motifs is 1. The summed E-state index contributed by atoms with van der Waals surface area (Å²) in [6.07, 6.45) is 1.10. The van der Waals surface area contributed by atoms with E-state index >= 15 is 0 Å². The van der Waals surface area contributed by atoms with Crippen molar-refractivity contribution in [2.24, 2.45) is 0 Å². The summed E-state index contributed by atoms with van der Waals surface area (Å²) in [7, 11) is 1.52. The maximum Gasteiger partial charge on any atom is 0.303 e. The minimum absolute atomic E-state index is 0.0475. The molecule has 6 heteroatoms. The van der Waals surface area contributed by atoms with Crippen LogP contribution in [0.15, 0.2) is 30.3 Å². The molecule has 3 rings (SSSR count). The molecule has 0 aromatic heterocycles. The fraction of sp³-hybridized carbons (Fsp3) is 0.381. The zero-order valence-electron chi connectivity index (χ0n) is 15.7. The Balaban J connectivity index is 1.77. The first-order valence-electron chi connectivity index (χ1n) is 8.79. The largest absolute Gasteiger partial charge is 0.493 e. The standard InChI is InChI=1S/C21H23FO5/c1-21(2)11-14-9-16(22)10-15(20(14)27-21)12-26-17-6-4-13(5-7-19(23)24)8-18(17)25-3/h4,6,8-10H,5,7,11-12H2,1-3H3,(H,23,24). The zero-order valence-corrected chi connectivity index (χ0v) is 15.7. The molecule has 144 valence electrons. The predicted octanol–water partition coefficient (Wildman–Crippen LogP) is 4.14. The van der Waals surface area contributed by atoms with Gasteiger partial charge in [0.15, 0.2) is 11.5 Å². The highest BCUT2D eigenvalue weighted by molar-refractivity contribution is 5.67. The first-order chi connectivity index (χ1) is 12.8. The molecule has 1 heterocycles. The number of halogens is 1. The topological polar surface area (TPSA) is 65.0 Å². The van der Waals surface area contributed by atoms with Gasteiger partial charge in [0.2, 0.25) is 0 Å². The van der Waals surface area contributed by atoms with Gasteiger partial charge in [-0.25, -0.2) is 4.39 Å². The highest BCUT2D eigenvalue weighted by Gasteiger charge is 2.32. The molecule has 0 spiro atoms. The minimum Gasteiger partial charge on any atom is -0.493 e. The Morgan fingerprint density at radius 3 is 2.74 bits per heavy atom. The van der Waals surface area contributed by atoms with Gasteiger partial charge in [0.05, 0.1) is 7.11 Å². The van der Waals surface area contributed by atoms with Crippen LogP contribution in [-0.4, -0.2) is 23.8 Å². The summed E-state index contributed by atoms with van der Waals surface area (Å²) >= 11 is 0. The zero-order chi connectivity index (χ0) is 19.6. The van der Waals surface area contributed by atoms with Crippen molar-refractivity contribution in [1.82, 2.24) is 0 Å². The van der Waals surface area contributed by atoms with Crippen LogP contribution in [-0.2, 0) is 24.2 Å². The van der Waals surface area contributed by atoms with E-state index < -0.39 is 5.97 Å². The van der Waals surface area contributed by atoms with Crippen LogP contribution in [0.3, 0.4) is 0 Å². The highest BCUT2D eigenvalue weighted by atomic mass is 19.1. The summed E-state index contributed by atoms with van der Waals surface area (Å²) in [6, 6.07) is 8.23. The average molecular weight is 374 g/mol. The van der Waals surface area contributed by atoms with Crippen molar-refractivity contribution in [2.45, 2.75) is 45.3 Å². The lowest BCUT2D eigenvalue weighted by atomic mass is 10.0. The van der Waals surface area contributed by atoms with E-state index in [0.29, 0.717) is 35.7 Å². The number of hydrogen-bond acceptors (Lipinski definition) is 4. The van der Waals surface area contributed by atoms with Gasteiger partial charge in [0.1, 0.15) is 23.8 Å². The number of carboxylic acids is 1. The van der Waals surface area contributed by atoms with E-state index in [0.717, 1.165) is 11.1 Å². The Morgan fingerprint density at radius 1 is 1.26 bits per heavy atom. The van der Waals surface area contributed by atoms with Crippen LogP contribution in [0.25, 0.3) is 0 Å². The van der Waals surface area contributed by atoms with E-state index in [2.05, 4.69) is 0 Å². The number of methoxy groups -OCH3 is 1. The molecule has 0 aliphatic carbocycles. The van der Waals surface area contributed by atoms with Crippen LogP contribution in [0.5, 0.6) is 17.2 Å². The molecule has 5 nitrogen and oxygen atoms in total. The van der Waals surface area contributed by atoms with Crippen LogP contribution in [0.4, 0.5) is 4.39 Å². The molecule has 0 saturated heterocycles. The number of aryl methyl sites for hydroxylation is 1. The quantitative estimate of drug-likeness (QED) is 0.789. The van der Waals surface area contributed by atoms with Gasteiger partial charge in [0, 0.05) is 24.0 Å². The van der Waals surface area contributed by atoms with Crippen molar-refractivity contribution in [3.63, 3.8) is 0 Å². The molecule has 2 aromatic rings. The third-order valence-electron chi connectivity index (χ3n) is 4.44. The molecular formula is C21H23FO5. The molecule has 0 atom stereocenters. The van der Waals surface area contributed by atoms with E-state index in [1.54, 1.807) is 18.2 Å². The van der Waals surface area contributed by atoms with E-state index in [1.807, 2.05) is 13.8 Å². The lowest BCUT2D eigenvalue weighted by molar-refractivity contribution is -0.136. The average Bonchev–Trinajstić information content (AvgIpc) is 2.91. The lowest BCUT2D eigenvalue weighted by Crippen LogP contribution is -2.25. The summed E-state index contributed by atoms with van der Waals surface area (Å²) in [5.41, 5.74) is 1.97. The molecule has 1 N–H and O–H groups in total. The Labute approximate surface area is 157 Å². The predicted molar refractivity (Wildman–Crippen MR) is 98.1 cm³/mol. The van der Waals surface area contributed by atoms with E-state index in [1.165, 1.54) is 19.2 Å². The molecule has 0 bridgehead atoms. The molecule has 0 amide bonds. The van der Waals surface area contributed by atoms with Gasteiger partial charge in [-0.15, -0.1) is 0 Å². The van der Waals surface area contributed by atoms with Crippen LogP contribution in [0.2, 0.25) is 0 Å². The third-order valence-corrected chi connectivity index (χ3v) is 4.44. The number of carboxylic acid groups (broad SMARTS) is 1. The lowest BCUT2D eigenvalue weighted by Gasteiger charge is -2.18. The van der Waals surface area contributed by atoms with E-state index in [4.69, 9.17) is 19.3 Å². The smallest absolute Gasteiger partial charge is 0.303 e. The molecule has 1 aliphatic heterocycles.